The molecule has 1 aliphatic heterocycles. The van der Waals surface area contributed by atoms with Gasteiger partial charge in [-0.05, 0) is 54.8 Å². The summed E-state index contributed by atoms with van der Waals surface area (Å²) in [4.78, 5) is 14.5. The number of rotatable bonds is 4. The molecule has 1 amide bonds. The lowest BCUT2D eigenvalue weighted by molar-refractivity contribution is -0.00672. The van der Waals surface area contributed by atoms with E-state index in [4.69, 9.17) is 16.3 Å². The van der Waals surface area contributed by atoms with Crippen LogP contribution in [0, 0.1) is 0 Å². The van der Waals surface area contributed by atoms with Crippen molar-refractivity contribution in [2.24, 2.45) is 0 Å². The third-order valence-electron chi connectivity index (χ3n) is 4.13. The molecule has 0 bridgehead atoms. The van der Waals surface area contributed by atoms with Gasteiger partial charge in [0.15, 0.2) is 0 Å². The molecule has 3 rings (SSSR count). The molecule has 1 unspecified atom stereocenters. The predicted molar refractivity (Wildman–Crippen MR) is 99.3 cm³/mol. The SMILES string of the molecule is O=C(c1ccc(Br)cc1)N1CCCC(OCc2cccc(Cl)c2)C1. The van der Waals surface area contributed by atoms with Crippen molar-refractivity contribution in [3.8, 4) is 0 Å². The standard InChI is InChI=1S/C19H19BrClNO2/c20-16-8-6-15(7-9-16)19(23)22-10-2-5-18(12-22)24-13-14-3-1-4-17(21)11-14/h1,3-4,6-9,11,18H,2,5,10,12-13H2. The number of halogens is 2. The van der Waals surface area contributed by atoms with Gasteiger partial charge in [-0.2, -0.15) is 0 Å². The zero-order valence-electron chi connectivity index (χ0n) is 13.3. The van der Waals surface area contributed by atoms with Crippen molar-refractivity contribution in [3.63, 3.8) is 0 Å². The highest BCUT2D eigenvalue weighted by atomic mass is 79.9. The molecule has 1 fully saturated rings. The van der Waals surface area contributed by atoms with Crippen molar-refractivity contribution in [1.29, 1.82) is 0 Å². The molecular formula is C19H19BrClNO2. The highest BCUT2D eigenvalue weighted by Crippen LogP contribution is 2.19. The highest BCUT2D eigenvalue weighted by molar-refractivity contribution is 9.10. The van der Waals surface area contributed by atoms with Crippen LogP contribution in [0.1, 0.15) is 28.8 Å². The fourth-order valence-electron chi connectivity index (χ4n) is 2.87. The van der Waals surface area contributed by atoms with Gasteiger partial charge in [-0.3, -0.25) is 4.79 Å². The molecule has 2 aromatic rings. The largest absolute Gasteiger partial charge is 0.372 e. The molecule has 2 aromatic carbocycles. The van der Waals surface area contributed by atoms with E-state index >= 15 is 0 Å². The number of hydrogen-bond acceptors (Lipinski definition) is 2. The first kappa shape index (κ1) is 17.5. The number of carbonyl (C=O) groups is 1. The molecule has 1 atom stereocenters. The van der Waals surface area contributed by atoms with Gasteiger partial charge in [0.05, 0.1) is 12.7 Å². The van der Waals surface area contributed by atoms with Crippen molar-refractivity contribution in [3.05, 3.63) is 69.2 Å². The van der Waals surface area contributed by atoms with Crippen LogP contribution in [0.2, 0.25) is 5.02 Å². The van der Waals surface area contributed by atoms with E-state index in [0.29, 0.717) is 23.7 Å². The number of ether oxygens (including phenoxy) is 1. The fourth-order valence-corrected chi connectivity index (χ4v) is 3.35. The van der Waals surface area contributed by atoms with Crippen molar-refractivity contribution in [2.75, 3.05) is 13.1 Å². The quantitative estimate of drug-likeness (QED) is 0.718. The van der Waals surface area contributed by atoms with Gasteiger partial charge in [0, 0.05) is 28.1 Å². The number of carbonyl (C=O) groups excluding carboxylic acids is 1. The molecule has 5 heteroatoms. The molecule has 0 aliphatic carbocycles. The number of amides is 1. The first-order valence-corrected chi connectivity index (χ1v) is 9.20. The maximum atomic E-state index is 12.6. The Bertz CT molecular complexity index is 705. The van der Waals surface area contributed by atoms with E-state index in [1.807, 2.05) is 53.4 Å². The molecule has 1 heterocycles. The van der Waals surface area contributed by atoms with Crippen LogP contribution >= 0.6 is 27.5 Å². The smallest absolute Gasteiger partial charge is 0.253 e. The van der Waals surface area contributed by atoms with Crippen LogP contribution in [0.3, 0.4) is 0 Å². The first-order valence-electron chi connectivity index (χ1n) is 8.03. The maximum absolute atomic E-state index is 12.6. The summed E-state index contributed by atoms with van der Waals surface area (Å²) in [6, 6.07) is 15.2. The van der Waals surface area contributed by atoms with E-state index in [2.05, 4.69) is 15.9 Å². The summed E-state index contributed by atoms with van der Waals surface area (Å²) < 4.78 is 6.97. The van der Waals surface area contributed by atoms with Crippen LogP contribution in [0.15, 0.2) is 53.0 Å². The van der Waals surface area contributed by atoms with Gasteiger partial charge in [0.2, 0.25) is 0 Å². The number of likely N-dealkylation sites (tertiary alicyclic amines) is 1. The molecule has 0 aromatic heterocycles. The summed E-state index contributed by atoms with van der Waals surface area (Å²) in [5.74, 6) is 0.0681. The molecule has 24 heavy (non-hydrogen) atoms. The minimum Gasteiger partial charge on any atom is -0.372 e. The minimum absolute atomic E-state index is 0.0668. The lowest BCUT2D eigenvalue weighted by Gasteiger charge is -2.32. The van der Waals surface area contributed by atoms with E-state index in [-0.39, 0.29) is 12.0 Å². The average Bonchev–Trinajstić information content (AvgIpc) is 2.60. The van der Waals surface area contributed by atoms with Crippen molar-refractivity contribution < 1.29 is 9.53 Å². The summed E-state index contributed by atoms with van der Waals surface area (Å²) >= 11 is 9.39. The van der Waals surface area contributed by atoms with Crippen molar-refractivity contribution in [1.82, 2.24) is 4.90 Å². The Morgan fingerprint density at radius 2 is 2.04 bits per heavy atom. The maximum Gasteiger partial charge on any atom is 0.253 e. The molecule has 0 saturated carbocycles. The Kier molecular flexibility index (Phi) is 5.93. The number of hydrogen-bond donors (Lipinski definition) is 0. The molecule has 1 saturated heterocycles. The minimum atomic E-state index is 0.0668. The van der Waals surface area contributed by atoms with Crippen molar-refractivity contribution in [2.45, 2.75) is 25.6 Å². The second-order valence-electron chi connectivity index (χ2n) is 5.96. The molecule has 0 radical (unpaired) electrons. The molecule has 126 valence electrons. The zero-order chi connectivity index (χ0) is 16.9. The van der Waals surface area contributed by atoms with Crippen molar-refractivity contribution >= 4 is 33.4 Å². The summed E-state index contributed by atoms with van der Waals surface area (Å²) in [5, 5.41) is 0.715. The molecule has 0 spiro atoms. The average molecular weight is 409 g/mol. The lowest BCUT2D eigenvalue weighted by Crippen LogP contribution is -2.43. The van der Waals surface area contributed by atoms with E-state index < -0.39 is 0 Å². The molecule has 3 nitrogen and oxygen atoms in total. The van der Waals surface area contributed by atoms with Gasteiger partial charge >= 0.3 is 0 Å². The Labute approximate surface area is 155 Å². The fraction of sp³-hybridized carbons (Fsp3) is 0.316. The molecule has 0 N–H and O–H groups in total. The van der Waals surface area contributed by atoms with E-state index in [1.165, 1.54) is 0 Å². The van der Waals surface area contributed by atoms with Crippen LogP contribution in [-0.2, 0) is 11.3 Å². The van der Waals surface area contributed by atoms with E-state index in [0.717, 1.165) is 29.4 Å². The number of piperidine rings is 1. The summed E-state index contributed by atoms with van der Waals surface area (Å²) in [6.45, 7) is 1.94. The van der Waals surface area contributed by atoms with Crippen LogP contribution in [0.4, 0.5) is 0 Å². The third-order valence-corrected chi connectivity index (χ3v) is 4.90. The Hall–Kier alpha value is -1.36. The highest BCUT2D eigenvalue weighted by Gasteiger charge is 2.25. The van der Waals surface area contributed by atoms with Crippen LogP contribution in [0.25, 0.3) is 0 Å². The van der Waals surface area contributed by atoms with Crippen LogP contribution < -0.4 is 0 Å². The van der Waals surface area contributed by atoms with E-state index in [1.54, 1.807) is 0 Å². The van der Waals surface area contributed by atoms with Gasteiger partial charge in [-0.25, -0.2) is 0 Å². The first-order chi connectivity index (χ1) is 11.6. The number of benzene rings is 2. The summed E-state index contributed by atoms with van der Waals surface area (Å²) in [7, 11) is 0. The van der Waals surface area contributed by atoms with Gasteiger partial charge in [-0.1, -0.05) is 39.7 Å². The normalized spacial score (nSPS) is 17.8. The topological polar surface area (TPSA) is 29.5 Å². The van der Waals surface area contributed by atoms with Gasteiger partial charge in [0.1, 0.15) is 0 Å². The van der Waals surface area contributed by atoms with Crippen LogP contribution in [-0.4, -0.2) is 30.0 Å². The summed E-state index contributed by atoms with van der Waals surface area (Å²) in [5.41, 5.74) is 1.77. The zero-order valence-corrected chi connectivity index (χ0v) is 15.6. The number of nitrogens with zero attached hydrogens (tertiary/aromatic N) is 1. The second-order valence-corrected chi connectivity index (χ2v) is 7.32. The van der Waals surface area contributed by atoms with Gasteiger partial charge < -0.3 is 9.64 Å². The Balaban J connectivity index is 1.57. The molecule has 1 aliphatic rings. The van der Waals surface area contributed by atoms with Crippen LogP contribution in [0.5, 0.6) is 0 Å². The third kappa shape index (κ3) is 4.59. The second kappa shape index (κ2) is 8.15. The van der Waals surface area contributed by atoms with Gasteiger partial charge in [0.25, 0.3) is 5.91 Å². The Morgan fingerprint density at radius 1 is 1.25 bits per heavy atom. The molecular weight excluding hydrogens is 390 g/mol. The van der Waals surface area contributed by atoms with E-state index in [9.17, 15) is 4.79 Å². The Morgan fingerprint density at radius 3 is 2.79 bits per heavy atom. The monoisotopic (exact) mass is 407 g/mol. The summed E-state index contributed by atoms with van der Waals surface area (Å²) in [6.07, 6.45) is 2.00. The predicted octanol–water partition coefficient (Wildman–Crippen LogP) is 4.92. The lowest BCUT2D eigenvalue weighted by atomic mass is 10.1. The van der Waals surface area contributed by atoms with Gasteiger partial charge in [-0.15, -0.1) is 0 Å².